The summed E-state index contributed by atoms with van der Waals surface area (Å²) in [6.07, 6.45) is 4.91. The minimum absolute atomic E-state index is 0.200. The maximum Gasteiger partial charge on any atom is 0.303 e. The van der Waals surface area contributed by atoms with Crippen LogP contribution in [0.2, 0.25) is 0 Å². The van der Waals surface area contributed by atoms with E-state index in [1.165, 1.54) is 6.33 Å². The maximum atomic E-state index is 10.9. The number of ether oxygens (including phenoxy) is 3. The molecule has 3 N–H and O–H groups in total. The molecule has 4 heterocycles. The van der Waals surface area contributed by atoms with E-state index < -0.39 is 18.0 Å². The number of anilines is 1. The predicted octanol–water partition coefficient (Wildman–Crippen LogP) is 2.18. The van der Waals surface area contributed by atoms with Crippen molar-refractivity contribution in [1.29, 1.82) is 0 Å². The van der Waals surface area contributed by atoms with Gasteiger partial charge >= 0.3 is 5.97 Å². The van der Waals surface area contributed by atoms with E-state index in [1.807, 2.05) is 18.4 Å². The van der Waals surface area contributed by atoms with Gasteiger partial charge in [-0.3, -0.25) is 14.3 Å². The van der Waals surface area contributed by atoms with Gasteiger partial charge in [0.2, 0.25) is 0 Å². The molecule has 0 bridgehead atoms. The highest BCUT2D eigenvalue weighted by Crippen LogP contribution is 2.45. The second-order valence-corrected chi connectivity index (χ2v) is 10.4. The van der Waals surface area contributed by atoms with Gasteiger partial charge in [0.05, 0.1) is 6.33 Å². The topological polar surface area (TPSA) is 138 Å². The first kappa shape index (κ1) is 23.4. The summed E-state index contributed by atoms with van der Waals surface area (Å²) in [7, 11) is 0. The zero-order valence-corrected chi connectivity index (χ0v) is 20.1. The highest BCUT2D eigenvalue weighted by Gasteiger charge is 2.56. The first-order valence-corrected chi connectivity index (χ1v) is 12.0. The molecule has 2 aromatic heterocycles. The van der Waals surface area contributed by atoms with Crippen molar-refractivity contribution in [1.82, 2.24) is 24.4 Å². The molecule has 1 saturated carbocycles. The summed E-state index contributed by atoms with van der Waals surface area (Å²) >= 11 is 0. The van der Waals surface area contributed by atoms with Gasteiger partial charge in [-0.2, -0.15) is 0 Å². The van der Waals surface area contributed by atoms with Crippen LogP contribution < -0.4 is 5.73 Å². The van der Waals surface area contributed by atoms with E-state index in [2.05, 4.69) is 33.7 Å². The lowest BCUT2D eigenvalue weighted by molar-refractivity contribution is -0.199. The zero-order chi connectivity index (χ0) is 24.2. The number of imidazole rings is 1. The molecule has 1 aliphatic carbocycles. The highest BCUT2D eigenvalue weighted by atomic mass is 16.8. The molecule has 1 unspecified atom stereocenters. The van der Waals surface area contributed by atoms with Crippen molar-refractivity contribution in [3.8, 4) is 0 Å². The van der Waals surface area contributed by atoms with Crippen LogP contribution >= 0.6 is 0 Å². The van der Waals surface area contributed by atoms with Gasteiger partial charge in [0.1, 0.15) is 30.2 Å². The number of carbonyl (C=O) groups is 1. The molecule has 0 radical (unpaired) electrons. The minimum atomic E-state index is -0.722. The Morgan fingerprint density at radius 3 is 2.71 bits per heavy atom. The van der Waals surface area contributed by atoms with E-state index >= 15 is 0 Å². The molecule has 2 aromatic rings. The average molecular weight is 475 g/mol. The van der Waals surface area contributed by atoms with Gasteiger partial charge in [0.15, 0.2) is 23.5 Å². The molecule has 3 fully saturated rings. The normalized spacial score (nSPS) is 32.4. The minimum Gasteiger partial charge on any atom is -0.481 e. The molecule has 11 heteroatoms. The number of aromatic nitrogens is 4. The summed E-state index contributed by atoms with van der Waals surface area (Å²) in [4.78, 5) is 26.2. The molecule has 34 heavy (non-hydrogen) atoms. The fraction of sp³-hybridized carbons (Fsp3) is 0.739. The summed E-state index contributed by atoms with van der Waals surface area (Å²) < 4.78 is 21.0. The van der Waals surface area contributed by atoms with E-state index in [-0.39, 0.29) is 24.7 Å². The summed E-state index contributed by atoms with van der Waals surface area (Å²) in [6, 6.07) is 0.736. The second-order valence-electron chi connectivity index (χ2n) is 10.4. The van der Waals surface area contributed by atoms with Crippen molar-refractivity contribution in [2.75, 3.05) is 12.3 Å². The molecule has 3 aliphatic rings. The Hall–Kier alpha value is -2.34. The number of rotatable bonds is 8. The average Bonchev–Trinajstić information content (AvgIpc) is 3.37. The summed E-state index contributed by atoms with van der Waals surface area (Å²) in [5, 5.41) is 8.97. The Labute approximate surface area is 198 Å². The summed E-state index contributed by atoms with van der Waals surface area (Å²) in [5.41, 5.74) is 7.13. The van der Waals surface area contributed by atoms with Gasteiger partial charge in [-0.1, -0.05) is 0 Å². The number of aliphatic carboxylic acids is 1. The van der Waals surface area contributed by atoms with Crippen molar-refractivity contribution in [3.05, 3.63) is 12.7 Å². The molecule has 2 aliphatic heterocycles. The van der Waals surface area contributed by atoms with Crippen LogP contribution in [0, 0.1) is 5.92 Å². The van der Waals surface area contributed by atoms with Crippen molar-refractivity contribution in [3.63, 3.8) is 0 Å². The Kier molecular flexibility index (Phi) is 5.99. The Morgan fingerprint density at radius 1 is 1.26 bits per heavy atom. The molecular weight excluding hydrogens is 440 g/mol. The SMILES string of the molecule is CC(C)N(C[C@H]1OC(n2cnc3c(N)ncnc32)[C@@H]2OC(C)(C)O[C@H]12)[C@H]1C[C@@H](CCC(=O)O)C1. The van der Waals surface area contributed by atoms with Crippen LogP contribution in [0.25, 0.3) is 11.2 Å². The van der Waals surface area contributed by atoms with Gasteiger partial charge < -0.3 is 25.1 Å². The van der Waals surface area contributed by atoms with Crippen LogP contribution in [-0.2, 0) is 19.0 Å². The van der Waals surface area contributed by atoms with Crippen molar-refractivity contribution in [2.24, 2.45) is 5.92 Å². The Morgan fingerprint density at radius 2 is 2.00 bits per heavy atom. The largest absolute Gasteiger partial charge is 0.481 e. The third-order valence-electron chi connectivity index (χ3n) is 7.29. The van der Waals surface area contributed by atoms with Crippen LogP contribution in [0.3, 0.4) is 0 Å². The lowest BCUT2D eigenvalue weighted by Gasteiger charge is -2.46. The molecule has 5 rings (SSSR count). The molecule has 2 saturated heterocycles. The fourth-order valence-corrected chi connectivity index (χ4v) is 5.61. The van der Waals surface area contributed by atoms with E-state index in [1.54, 1.807) is 6.33 Å². The number of nitrogens with two attached hydrogens (primary N) is 1. The van der Waals surface area contributed by atoms with Gasteiger partial charge in [0, 0.05) is 25.0 Å². The van der Waals surface area contributed by atoms with E-state index in [0.29, 0.717) is 41.5 Å². The van der Waals surface area contributed by atoms with Crippen LogP contribution in [0.15, 0.2) is 12.7 Å². The van der Waals surface area contributed by atoms with Crippen LogP contribution in [-0.4, -0.2) is 78.2 Å². The second kappa shape index (κ2) is 8.71. The van der Waals surface area contributed by atoms with Crippen LogP contribution in [0.4, 0.5) is 5.82 Å². The molecule has 0 aromatic carbocycles. The van der Waals surface area contributed by atoms with Crippen LogP contribution in [0.5, 0.6) is 0 Å². The summed E-state index contributed by atoms with van der Waals surface area (Å²) in [6.45, 7) is 8.92. The number of hydrogen-bond donors (Lipinski definition) is 2. The standard InChI is InChI=1S/C23H34N6O5/c1-12(2)28(14-7-13(8-14)5-6-16(30)31)9-15-18-19(34-23(3,4)33-18)22(32-15)29-11-27-17-20(24)25-10-26-21(17)29/h10-15,18-19,22H,5-9H2,1-4H3,(H,30,31)(H2,24,25,26)/t13-,14+,15-,18-,19-,22?/m1/s1. The van der Waals surface area contributed by atoms with E-state index in [9.17, 15) is 4.79 Å². The number of hydrogen-bond acceptors (Lipinski definition) is 9. The molecule has 4 atom stereocenters. The van der Waals surface area contributed by atoms with Gasteiger partial charge in [-0.05, 0) is 52.9 Å². The number of nitrogen functional groups attached to an aromatic ring is 1. The third-order valence-corrected chi connectivity index (χ3v) is 7.29. The predicted molar refractivity (Wildman–Crippen MR) is 123 cm³/mol. The quantitative estimate of drug-likeness (QED) is 0.585. The van der Waals surface area contributed by atoms with Crippen LogP contribution in [0.1, 0.15) is 59.6 Å². The van der Waals surface area contributed by atoms with Gasteiger partial charge in [0.25, 0.3) is 0 Å². The van der Waals surface area contributed by atoms with E-state index in [0.717, 1.165) is 19.3 Å². The van der Waals surface area contributed by atoms with Crippen molar-refractivity contribution >= 4 is 23.0 Å². The van der Waals surface area contributed by atoms with Gasteiger partial charge in [-0.25, -0.2) is 15.0 Å². The molecular formula is C23H34N6O5. The third kappa shape index (κ3) is 4.26. The monoisotopic (exact) mass is 474 g/mol. The first-order chi connectivity index (χ1) is 16.1. The number of fused-ring (bicyclic) bond motifs is 2. The van der Waals surface area contributed by atoms with Crippen molar-refractivity contribution < 1.29 is 24.1 Å². The first-order valence-electron chi connectivity index (χ1n) is 12.0. The molecule has 186 valence electrons. The summed E-state index contributed by atoms with van der Waals surface area (Å²) in [5.74, 6) is -0.645. The van der Waals surface area contributed by atoms with Gasteiger partial charge in [-0.15, -0.1) is 0 Å². The fourth-order valence-electron chi connectivity index (χ4n) is 5.61. The van der Waals surface area contributed by atoms with Crippen molar-refractivity contribution in [2.45, 2.75) is 95.8 Å². The van der Waals surface area contributed by atoms with E-state index in [4.69, 9.17) is 25.1 Å². The molecule has 11 nitrogen and oxygen atoms in total. The Balaban J connectivity index is 1.34. The lowest BCUT2D eigenvalue weighted by Crippen LogP contribution is -2.52. The number of carboxylic acids is 1. The molecule has 0 spiro atoms. The lowest BCUT2D eigenvalue weighted by atomic mass is 9.76. The maximum absolute atomic E-state index is 10.9. The highest BCUT2D eigenvalue weighted by molar-refractivity contribution is 5.81. The smallest absolute Gasteiger partial charge is 0.303 e. The number of carboxylic acid groups (broad SMARTS) is 1. The zero-order valence-electron chi connectivity index (χ0n) is 20.1. The molecule has 0 amide bonds. The number of nitrogens with zero attached hydrogens (tertiary/aromatic N) is 5. The Bertz CT molecular complexity index is 1050.